The second-order valence-corrected chi connectivity index (χ2v) is 17.1. The van der Waals surface area contributed by atoms with Gasteiger partial charge in [0, 0.05) is 24.6 Å². The van der Waals surface area contributed by atoms with E-state index in [0.29, 0.717) is 39.0 Å². The fourth-order valence-electron chi connectivity index (χ4n) is 5.40. The van der Waals surface area contributed by atoms with Gasteiger partial charge in [-0.15, -0.1) is 0 Å². The van der Waals surface area contributed by atoms with E-state index >= 15 is 0 Å². The average Bonchev–Trinajstić information content (AvgIpc) is 3.21. The summed E-state index contributed by atoms with van der Waals surface area (Å²) in [5.74, 6) is -2.71. The summed E-state index contributed by atoms with van der Waals surface area (Å²) in [5.41, 5.74) is 5.22. The first kappa shape index (κ1) is 50.8. The molecule has 0 bridgehead atoms. The fraction of sp³-hybridized carbons (Fsp3) is 0.171. The number of carbonyl (C=O) groups is 2. The summed E-state index contributed by atoms with van der Waals surface area (Å²) in [6.07, 6.45) is 0. The summed E-state index contributed by atoms with van der Waals surface area (Å²) in [5, 5.41) is 71.7. The normalized spacial score (nSPS) is 11.4. The third kappa shape index (κ3) is 13.2. The van der Waals surface area contributed by atoms with Crippen molar-refractivity contribution < 1.29 is 65.1 Å². The molecule has 0 fully saturated rings. The number of sulfonamides is 2. The number of nitrogens with zero attached hydrogens (tertiary/aromatic N) is 4. The molecule has 63 heavy (non-hydrogen) atoms. The number of hydrogen-bond donors (Lipinski definition) is 5. The summed E-state index contributed by atoms with van der Waals surface area (Å²) < 4.78 is 52.0. The second-order valence-electron chi connectivity index (χ2n) is 13.3. The molecular formula is C41H42CoN9O10S2. The first-order chi connectivity index (χ1) is 29.2. The van der Waals surface area contributed by atoms with Gasteiger partial charge in [-0.1, -0.05) is 97.5 Å². The van der Waals surface area contributed by atoms with Crippen molar-refractivity contribution in [3.8, 4) is 23.0 Å². The number of nitrogens with two attached hydrogens (primary N) is 1. The van der Waals surface area contributed by atoms with Gasteiger partial charge in [0.05, 0.1) is 43.9 Å². The van der Waals surface area contributed by atoms with E-state index in [0.717, 1.165) is 36.4 Å². The third-order valence-electron chi connectivity index (χ3n) is 8.12. The molecule has 19 nitrogen and oxygen atoms in total. The Morgan fingerprint density at radius 1 is 0.571 bits per heavy atom. The Balaban J connectivity index is 0.000000395. The number of azo groups is 2. The number of nitrogens with one attached hydrogen (secondary N) is 4. The van der Waals surface area contributed by atoms with Crippen LogP contribution < -0.4 is 46.2 Å². The van der Waals surface area contributed by atoms with Crippen LogP contribution >= 0.6 is 0 Å². The number of rotatable bonds is 10. The van der Waals surface area contributed by atoms with Gasteiger partial charge in [-0.25, -0.2) is 26.3 Å². The SMILES string of the molecule is CC(C)N.CNS(=O)(=O)c1ccc([O-])c(N=Nc2c([O-])ccc3cccc(NC(C)=O)c23)c1.CNS(=O)(=O)c1ccc([O-])c(N=Nc2c([O-])ccc3cccc(NC(C)=O)c23)c1.[Co+3].[H+]. The smallest absolute Gasteiger partial charge is 0.871 e. The van der Waals surface area contributed by atoms with Crippen LogP contribution in [0.4, 0.5) is 34.1 Å². The fourth-order valence-corrected chi connectivity index (χ4v) is 6.90. The van der Waals surface area contributed by atoms with E-state index in [9.17, 15) is 46.9 Å². The van der Waals surface area contributed by atoms with Crippen molar-refractivity contribution in [2.45, 2.75) is 43.5 Å². The van der Waals surface area contributed by atoms with E-state index in [2.05, 4.69) is 40.5 Å². The van der Waals surface area contributed by atoms with Crippen molar-refractivity contribution in [3.63, 3.8) is 0 Å². The zero-order chi connectivity index (χ0) is 45.9. The van der Waals surface area contributed by atoms with E-state index in [-0.39, 0.29) is 62.6 Å². The van der Waals surface area contributed by atoms with Crippen LogP contribution in [0.3, 0.4) is 0 Å². The quantitative estimate of drug-likeness (QED) is 0.114. The van der Waals surface area contributed by atoms with Gasteiger partial charge in [0.15, 0.2) is 0 Å². The van der Waals surface area contributed by atoms with Gasteiger partial charge < -0.3 is 36.8 Å². The Bertz CT molecular complexity index is 2740. The molecule has 6 N–H and O–H groups in total. The number of hydrogen-bond acceptors (Lipinski definition) is 15. The predicted molar refractivity (Wildman–Crippen MR) is 228 cm³/mol. The summed E-state index contributed by atoms with van der Waals surface area (Å²) in [6, 6.07) is 22.8. The zero-order valence-electron chi connectivity index (χ0n) is 35.4. The summed E-state index contributed by atoms with van der Waals surface area (Å²) in [7, 11) is -5.08. The molecule has 0 heterocycles. The first-order valence-electron chi connectivity index (χ1n) is 18.3. The molecule has 332 valence electrons. The minimum Gasteiger partial charge on any atom is -0.871 e. The number of anilines is 2. The molecule has 0 aliphatic heterocycles. The van der Waals surface area contributed by atoms with Crippen LogP contribution in [0.1, 0.15) is 29.1 Å². The second kappa shape index (κ2) is 22.0. The topological polar surface area (TPSA) is 318 Å². The summed E-state index contributed by atoms with van der Waals surface area (Å²) in [6.45, 7) is 6.55. The minimum atomic E-state index is -3.78. The molecule has 0 unspecified atom stereocenters. The van der Waals surface area contributed by atoms with E-state index in [1.807, 2.05) is 13.8 Å². The molecule has 6 rings (SSSR count). The molecule has 0 saturated heterocycles. The molecule has 2 amide bonds. The number of benzene rings is 6. The molecule has 22 heteroatoms. The standard InChI is InChI=1S/2C19H18N4O5S.C3H9N.Co/c2*1-11(24)21-14-5-3-4-12-6-8-17(26)19(18(12)14)23-22-15-10-13(7-9-16(15)25)29(27,28)20-2;1-3(2)4;/h2*3-10,20,25-26H,1-2H3,(H,21,24);3H,4H2,1-2H3;/q;;;+3/p-3. The molecule has 0 radical (unpaired) electrons. The molecule has 0 aromatic heterocycles. The van der Waals surface area contributed by atoms with Crippen molar-refractivity contribution in [1.29, 1.82) is 0 Å². The molecule has 6 aromatic carbocycles. The van der Waals surface area contributed by atoms with Crippen molar-refractivity contribution >= 4 is 87.5 Å². The molecule has 0 atom stereocenters. The minimum absolute atomic E-state index is 0. The molecule has 0 spiro atoms. The Morgan fingerprint density at radius 2 is 0.905 bits per heavy atom. The Hall–Kier alpha value is -6.53. The van der Waals surface area contributed by atoms with Crippen LogP contribution in [-0.4, -0.2) is 48.8 Å². The summed E-state index contributed by atoms with van der Waals surface area (Å²) >= 11 is 0. The van der Waals surface area contributed by atoms with Gasteiger partial charge in [-0.2, -0.15) is 20.5 Å². The number of carbonyl (C=O) groups excluding carboxylic acids is 2. The van der Waals surface area contributed by atoms with Gasteiger partial charge in [-0.3, -0.25) is 9.59 Å². The van der Waals surface area contributed by atoms with Gasteiger partial charge >= 0.3 is 18.2 Å². The van der Waals surface area contributed by atoms with Gasteiger partial charge in [0.1, 0.15) is 0 Å². The van der Waals surface area contributed by atoms with Gasteiger partial charge in [-0.05, 0) is 67.3 Å². The van der Waals surface area contributed by atoms with Crippen LogP contribution in [0.2, 0.25) is 0 Å². The molecule has 0 saturated carbocycles. The van der Waals surface area contributed by atoms with Crippen molar-refractivity contribution in [2.75, 3.05) is 24.7 Å². The van der Waals surface area contributed by atoms with Gasteiger partial charge in [0.25, 0.3) is 0 Å². The Kier molecular flexibility index (Phi) is 17.8. The van der Waals surface area contributed by atoms with E-state index in [4.69, 9.17) is 5.73 Å². The van der Waals surface area contributed by atoms with Crippen LogP contribution in [0.25, 0.3) is 21.5 Å². The molecule has 0 aliphatic carbocycles. The maximum absolute atomic E-state index is 12.4. The van der Waals surface area contributed by atoms with E-state index < -0.39 is 43.0 Å². The number of amides is 2. The third-order valence-corrected chi connectivity index (χ3v) is 10.9. The number of fused-ring (bicyclic) bond motifs is 2. The van der Waals surface area contributed by atoms with E-state index in [1.54, 1.807) is 48.5 Å². The monoisotopic (exact) mass is 943 g/mol. The van der Waals surface area contributed by atoms with Crippen LogP contribution in [0.5, 0.6) is 23.0 Å². The molecule has 0 aliphatic rings. The predicted octanol–water partition coefficient (Wildman–Crippen LogP) is 5.00. The largest absolute Gasteiger partial charge is 3.00 e. The maximum atomic E-state index is 12.4. The van der Waals surface area contributed by atoms with Crippen molar-refractivity contribution in [3.05, 3.63) is 97.1 Å². The Morgan fingerprint density at radius 3 is 1.22 bits per heavy atom. The first-order valence-corrected chi connectivity index (χ1v) is 21.2. The maximum Gasteiger partial charge on any atom is 3.00 e. The van der Waals surface area contributed by atoms with Crippen LogP contribution in [0.15, 0.2) is 127 Å². The Labute approximate surface area is 375 Å². The average molecular weight is 944 g/mol. The van der Waals surface area contributed by atoms with Gasteiger partial charge in [0.2, 0.25) is 31.9 Å². The van der Waals surface area contributed by atoms with Crippen LogP contribution in [-0.2, 0) is 46.4 Å². The van der Waals surface area contributed by atoms with Crippen molar-refractivity contribution in [1.82, 2.24) is 9.44 Å². The zero-order valence-corrected chi connectivity index (χ0v) is 37.1. The van der Waals surface area contributed by atoms with E-state index in [1.165, 1.54) is 40.1 Å². The summed E-state index contributed by atoms with van der Waals surface area (Å²) in [4.78, 5) is 22.7. The van der Waals surface area contributed by atoms with Crippen molar-refractivity contribution in [2.24, 2.45) is 26.2 Å². The molecular weight excluding hydrogens is 902 g/mol. The molecule has 6 aromatic rings. The van der Waals surface area contributed by atoms with Crippen LogP contribution in [0, 0.1) is 0 Å².